The van der Waals surface area contributed by atoms with Crippen molar-refractivity contribution >= 4 is 22.8 Å². The highest BCUT2D eigenvalue weighted by atomic mass is 16.2. The van der Waals surface area contributed by atoms with Crippen LogP contribution < -0.4 is 5.73 Å². The number of amides is 2. The Balaban J connectivity index is 1.60. The topological polar surface area (TPSA) is 81.2 Å². The van der Waals surface area contributed by atoms with Gasteiger partial charge in [-0.1, -0.05) is 12.8 Å². The van der Waals surface area contributed by atoms with E-state index >= 15 is 0 Å². The Kier molecular flexibility index (Phi) is 4.19. The van der Waals surface area contributed by atoms with Gasteiger partial charge < -0.3 is 15.2 Å². The van der Waals surface area contributed by atoms with Crippen molar-refractivity contribution in [3.8, 4) is 0 Å². The molecule has 132 valence electrons. The predicted molar refractivity (Wildman–Crippen MR) is 94.9 cm³/mol. The van der Waals surface area contributed by atoms with Gasteiger partial charge in [0.25, 0.3) is 5.91 Å². The standard InChI is InChI=1S/C19H24N4O2/c20-18(24)11-22-12-21-15-10-14(7-8-17(15)22)19(25)23-9-3-5-13-4-1-2-6-16(13)23/h7-8,10,12-13,16H,1-6,9,11H2,(H2,20,24). The van der Waals surface area contributed by atoms with E-state index in [1.54, 1.807) is 10.9 Å². The molecule has 0 bridgehead atoms. The first kappa shape index (κ1) is 16.1. The lowest BCUT2D eigenvalue weighted by Gasteiger charge is -2.44. The lowest BCUT2D eigenvalue weighted by Crippen LogP contribution is -2.49. The molecule has 2 unspecified atom stereocenters. The number of hydrogen-bond donors (Lipinski definition) is 1. The van der Waals surface area contributed by atoms with Gasteiger partial charge in [0.15, 0.2) is 0 Å². The van der Waals surface area contributed by atoms with Crippen LogP contribution in [0.4, 0.5) is 0 Å². The Hall–Kier alpha value is -2.37. The Morgan fingerprint density at radius 3 is 2.80 bits per heavy atom. The van der Waals surface area contributed by atoms with Crippen molar-refractivity contribution in [2.75, 3.05) is 6.54 Å². The van der Waals surface area contributed by atoms with E-state index in [4.69, 9.17) is 5.73 Å². The number of primary amides is 1. The smallest absolute Gasteiger partial charge is 0.254 e. The van der Waals surface area contributed by atoms with Crippen LogP contribution in [0.2, 0.25) is 0 Å². The number of likely N-dealkylation sites (tertiary alicyclic amines) is 1. The summed E-state index contributed by atoms with van der Waals surface area (Å²) in [5, 5.41) is 0. The summed E-state index contributed by atoms with van der Waals surface area (Å²) < 4.78 is 1.71. The molecule has 1 saturated carbocycles. The zero-order valence-electron chi connectivity index (χ0n) is 14.4. The molecule has 2 heterocycles. The van der Waals surface area contributed by atoms with Crippen LogP contribution >= 0.6 is 0 Å². The first-order chi connectivity index (χ1) is 12.1. The number of hydrogen-bond acceptors (Lipinski definition) is 3. The van der Waals surface area contributed by atoms with Crippen molar-refractivity contribution in [2.24, 2.45) is 11.7 Å². The van der Waals surface area contributed by atoms with Gasteiger partial charge in [-0.15, -0.1) is 0 Å². The summed E-state index contributed by atoms with van der Waals surface area (Å²) in [4.78, 5) is 30.7. The second kappa shape index (κ2) is 6.50. The van der Waals surface area contributed by atoms with Crippen molar-refractivity contribution in [1.82, 2.24) is 14.5 Å². The van der Waals surface area contributed by atoms with Gasteiger partial charge in [-0.2, -0.15) is 0 Å². The average Bonchev–Trinajstić information content (AvgIpc) is 3.02. The van der Waals surface area contributed by atoms with E-state index in [9.17, 15) is 9.59 Å². The zero-order valence-corrected chi connectivity index (χ0v) is 14.4. The largest absolute Gasteiger partial charge is 0.368 e. The summed E-state index contributed by atoms with van der Waals surface area (Å²) in [6.45, 7) is 0.952. The summed E-state index contributed by atoms with van der Waals surface area (Å²) in [5.74, 6) is 0.379. The minimum absolute atomic E-state index is 0.0969. The van der Waals surface area contributed by atoms with Crippen molar-refractivity contribution in [1.29, 1.82) is 0 Å². The lowest BCUT2D eigenvalue weighted by atomic mass is 9.78. The molecule has 2 atom stereocenters. The molecular weight excluding hydrogens is 316 g/mol. The zero-order chi connectivity index (χ0) is 17.4. The molecule has 2 aromatic rings. The molecule has 6 heteroatoms. The minimum atomic E-state index is -0.406. The van der Waals surface area contributed by atoms with Gasteiger partial charge in [-0.3, -0.25) is 9.59 Å². The maximum absolute atomic E-state index is 13.1. The summed E-state index contributed by atoms with van der Waals surface area (Å²) in [5.41, 5.74) is 7.50. The van der Waals surface area contributed by atoms with Crippen LogP contribution in [0.5, 0.6) is 0 Å². The quantitative estimate of drug-likeness (QED) is 0.931. The highest BCUT2D eigenvalue weighted by molar-refractivity contribution is 5.97. The number of carbonyl (C=O) groups is 2. The highest BCUT2D eigenvalue weighted by Crippen LogP contribution is 2.36. The summed E-state index contributed by atoms with van der Waals surface area (Å²) in [7, 11) is 0. The van der Waals surface area contributed by atoms with Gasteiger partial charge in [-0.25, -0.2) is 4.98 Å². The summed E-state index contributed by atoms with van der Waals surface area (Å²) in [6.07, 6.45) is 8.86. The molecule has 1 saturated heterocycles. The Morgan fingerprint density at radius 1 is 1.16 bits per heavy atom. The Labute approximate surface area is 147 Å². The number of rotatable bonds is 3. The SMILES string of the molecule is NC(=O)Cn1cnc2cc(C(=O)N3CCCC4CCCCC43)ccc21. The number of aromatic nitrogens is 2. The fraction of sp³-hybridized carbons (Fsp3) is 0.526. The number of nitrogens with two attached hydrogens (primary N) is 1. The van der Waals surface area contributed by atoms with E-state index < -0.39 is 5.91 Å². The number of nitrogens with zero attached hydrogens (tertiary/aromatic N) is 3. The molecule has 25 heavy (non-hydrogen) atoms. The van der Waals surface area contributed by atoms with Crippen molar-refractivity contribution in [2.45, 2.75) is 51.1 Å². The molecule has 4 rings (SSSR count). The van der Waals surface area contributed by atoms with Crippen molar-refractivity contribution in [3.05, 3.63) is 30.1 Å². The van der Waals surface area contributed by atoms with Crippen LogP contribution in [-0.4, -0.2) is 38.9 Å². The minimum Gasteiger partial charge on any atom is -0.368 e. The monoisotopic (exact) mass is 340 g/mol. The molecule has 2 fully saturated rings. The maximum Gasteiger partial charge on any atom is 0.254 e. The van der Waals surface area contributed by atoms with Crippen LogP contribution in [0.25, 0.3) is 11.0 Å². The van der Waals surface area contributed by atoms with E-state index in [0.717, 1.165) is 30.4 Å². The van der Waals surface area contributed by atoms with Crippen molar-refractivity contribution in [3.63, 3.8) is 0 Å². The number of piperidine rings is 1. The van der Waals surface area contributed by atoms with Crippen LogP contribution in [0.3, 0.4) is 0 Å². The third kappa shape index (κ3) is 3.01. The first-order valence-electron chi connectivity index (χ1n) is 9.17. The molecule has 1 aromatic carbocycles. The molecule has 0 spiro atoms. The Morgan fingerprint density at radius 2 is 1.96 bits per heavy atom. The van der Waals surface area contributed by atoms with E-state index in [1.165, 1.54) is 25.7 Å². The molecule has 2 amide bonds. The van der Waals surface area contributed by atoms with Gasteiger partial charge in [0, 0.05) is 18.2 Å². The lowest BCUT2D eigenvalue weighted by molar-refractivity contribution is -0.118. The molecule has 1 aromatic heterocycles. The van der Waals surface area contributed by atoms with Crippen molar-refractivity contribution < 1.29 is 9.59 Å². The van der Waals surface area contributed by atoms with E-state index in [1.807, 2.05) is 18.2 Å². The van der Waals surface area contributed by atoms with Crippen LogP contribution in [-0.2, 0) is 11.3 Å². The van der Waals surface area contributed by atoms with E-state index in [2.05, 4.69) is 9.88 Å². The number of carbonyl (C=O) groups excluding carboxylic acids is 2. The fourth-order valence-electron chi connectivity index (χ4n) is 4.53. The molecule has 2 aliphatic rings. The van der Waals surface area contributed by atoms with Gasteiger partial charge >= 0.3 is 0 Å². The third-order valence-corrected chi connectivity index (χ3v) is 5.70. The van der Waals surface area contributed by atoms with Crippen LogP contribution in [0.1, 0.15) is 48.9 Å². The predicted octanol–water partition coefficient (Wildman–Crippen LogP) is 2.32. The maximum atomic E-state index is 13.1. The second-order valence-corrected chi connectivity index (χ2v) is 7.29. The summed E-state index contributed by atoms with van der Waals surface area (Å²) in [6, 6.07) is 5.94. The third-order valence-electron chi connectivity index (χ3n) is 5.70. The van der Waals surface area contributed by atoms with Gasteiger partial charge in [0.2, 0.25) is 5.91 Å². The molecule has 1 aliphatic carbocycles. The normalized spacial score (nSPS) is 23.4. The highest BCUT2D eigenvalue weighted by Gasteiger charge is 2.36. The Bertz CT molecular complexity index is 811. The average molecular weight is 340 g/mol. The van der Waals surface area contributed by atoms with Gasteiger partial charge in [-0.05, 0) is 49.8 Å². The number of benzene rings is 1. The van der Waals surface area contributed by atoms with Gasteiger partial charge in [0.1, 0.15) is 6.54 Å². The second-order valence-electron chi connectivity index (χ2n) is 7.29. The summed E-state index contributed by atoms with van der Waals surface area (Å²) >= 11 is 0. The number of imidazole rings is 1. The molecule has 2 N–H and O–H groups in total. The fourth-order valence-corrected chi connectivity index (χ4v) is 4.53. The molecule has 6 nitrogen and oxygen atoms in total. The molecule has 1 aliphatic heterocycles. The van der Waals surface area contributed by atoms with E-state index in [0.29, 0.717) is 17.5 Å². The van der Waals surface area contributed by atoms with Crippen LogP contribution in [0.15, 0.2) is 24.5 Å². The van der Waals surface area contributed by atoms with Crippen LogP contribution in [0, 0.1) is 5.92 Å². The van der Waals surface area contributed by atoms with Gasteiger partial charge in [0.05, 0.1) is 17.4 Å². The van der Waals surface area contributed by atoms with E-state index in [-0.39, 0.29) is 12.5 Å². The molecule has 0 radical (unpaired) electrons. The number of fused-ring (bicyclic) bond motifs is 2. The first-order valence-corrected chi connectivity index (χ1v) is 9.17. The molecular formula is C19H24N4O2.